The summed E-state index contributed by atoms with van der Waals surface area (Å²) in [6.45, 7) is 0.578. The molecule has 2 rings (SSSR count). The monoisotopic (exact) mass is 376 g/mol. The molecule has 0 aromatic heterocycles. The van der Waals surface area contributed by atoms with Gasteiger partial charge in [0, 0.05) is 13.1 Å². The van der Waals surface area contributed by atoms with Gasteiger partial charge in [-0.15, -0.1) is 0 Å². The Morgan fingerprint density at radius 1 is 1.46 bits per heavy atom. The van der Waals surface area contributed by atoms with Gasteiger partial charge in [-0.3, -0.25) is 9.59 Å². The molecule has 1 aliphatic rings. The molecule has 8 nitrogen and oxygen atoms in total. The number of ether oxygens (including phenoxy) is 1. The topological polar surface area (TPSA) is 113 Å². The number of morpholine rings is 1. The first-order chi connectivity index (χ1) is 11.2. The minimum absolute atomic E-state index is 0.0453. The average Bonchev–Trinajstić information content (AvgIpc) is 2.54. The van der Waals surface area contributed by atoms with Crippen LogP contribution in [-0.2, 0) is 19.6 Å². The van der Waals surface area contributed by atoms with E-state index in [9.17, 15) is 18.0 Å². The molecular weight excluding hydrogens is 360 g/mol. The normalized spacial score (nSPS) is 18.4. The van der Waals surface area contributed by atoms with E-state index in [1.165, 1.54) is 30.1 Å². The summed E-state index contributed by atoms with van der Waals surface area (Å²) in [6, 6.07) is 3.85. The predicted octanol–water partition coefficient (Wildman–Crippen LogP) is 0.564. The highest BCUT2D eigenvalue weighted by atomic mass is 35.5. The van der Waals surface area contributed by atoms with Crippen molar-refractivity contribution in [3.8, 4) is 0 Å². The summed E-state index contributed by atoms with van der Waals surface area (Å²) in [5.74, 6) is -1.48. The minimum atomic E-state index is -3.71. The fraction of sp³-hybridized carbons (Fsp3) is 0.429. The van der Waals surface area contributed by atoms with Gasteiger partial charge < -0.3 is 14.7 Å². The number of carbonyl (C=O) groups excluding carboxylic acids is 1. The van der Waals surface area contributed by atoms with Gasteiger partial charge in [0.25, 0.3) is 5.91 Å². The van der Waals surface area contributed by atoms with Crippen LogP contribution in [0.5, 0.6) is 0 Å². The quantitative estimate of drug-likeness (QED) is 0.776. The minimum Gasteiger partial charge on any atom is -0.481 e. The molecule has 0 bridgehead atoms. The van der Waals surface area contributed by atoms with E-state index in [-0.39, 0.29) is 41.6 Å². The number of hydrogen-bond donors (Lipinski definition) is 2. The van der Waals surface area contributed by atoms with E-state index in [0.717, 1.165) is 0 Å². The lowest BCUT2D eigenvalue weighted by Crippen LogP contribution is -2.46. The van der Waals surface area contributed by atoms with Crippen LogP contribution in [0, 0.1) is 0 Å². The number of carboxylic acids is 1. The fourth-order valence-electron chi connectivity index (χ4n) is 2.35. The number of hydrogen-bond acceptors (Lipinski definition) is 5. The Labute approximate surface area is 144 Å². The molecule has 132 valence electrons. The molecule has 1 amide bonds. The summed E-state index contributed by atoms with van der Waals surface area (Å²) in [7, 11) is -2.44. The van der Waals surface area contributed by atoms with Gasteiger partial charge in [0.1, 0.15) is 0 Å². The van der Waals surface area contributed by atoms with Crippen molar-refractivity contribution in [1.29, 1.82) is 0 Å². The molecule has 1 saturated heterocycles. The molecular formula is C14H17ClN2O6S. The smallest absolute Gasteiger partial charge is 0.306 e. The largest absolute Gasteiger partial charge is 0.481 e. The molecule has 1 unspecified atom stereocenters. The summed E-state index contributed by atoms with van der Waals surface area (Å²) in [5, 5.41) is 8.95. The van der Waals surface area contributed by atoms with E-state index in [4.69, 9.17) is 21.4 Å². The summed E-state index contributed by atoms with van der Waals surface area (Å²) in [6.07, 6.45) is -0.825. The molecule has 0 aliphatic carbocycles. The van der Waals surface area contributed by atoms with Crippen LogP contribution in [0.15, 0.2) is 23.1 Å². The van der Waals surface area contributed by atoms with Gasteiger partial charge in [0.2, 0.25) is 10.0 Å². The standard InChI is InChI=1S/C14H17ClN2O6S/c1-16-24(21,22)10-2-3-12(15)11(7-10)14(20)17-4-5-23-9(8-17)6-13(18)19/h2-3,7,9,16H,4-6,8H2,1H3,(H,18,19). The van der Waals surface area contributed by atoms with Crippen molar-refractivity contribution in [2.24, 2.45) is 0 Å². The number of aliphatic carboxylic acids is 1. The highest BCUT2D eigenvalue weighted by molar-refractivity contribution is 7.89. The van der Waals surface area contributed by atoms with Gasteiger partial charge in [-0.1, -0.05) is 11.6 Å². The molecule has 1 heterocycles. The van der Waals surface area contributed by atoms with Crippen LogP contribution in [0.1, 0.15) is 16.8 Å². The van der Waals surface area contributed by atoms with Crippen molar-refractivity contribution in [3.05, 3.63) is 28.8 Å². The third-order valence-corrected chi connectivity index (χ3v) is 5.32. The van der Waals surface area contributed by atoms with Crippen molar-refractivity contribution in [2.75, 3.05) is 26.7 Å². The Morgan fingerprint density at radius 2 is 2.17 bits per heavy atom. The van der Waals surface area contributed by atoms with E-state index in [0.29, 0.717) is 0 Å². The first-order valence-electron chi connectivity index (χ1n) is 7.10. The Kier molecular flexibility index (Phi) is 5.81. The number of rotatable bonds is 5. The second kappa shape index (κ2) is 7.47. The second-order valence-corrected chi connectivity index (χ2v) is 7.48. The number of halogens is 1. The van der Waals surface area contributed by atoms with E-state index in [1.54, 1.807) is 0 Å². The Balaban J connectivity index is 2.26. The number of amides is 1. The van der Waals surface area contributed by atoms with Crippen molar-refractivity contribution in [2.45, 2.75) is 17.4 Å². The maximum Gasteiger partial charge on any atom is 0.306 e. The van der Waals surface area contributed by atoms with Crippen LogP contribution >= 0.6 is 11.6 Å². The summed E-state index contributed by atoms with van der Waals surface area (Å²) >= 11 is 6.04. The first kappa shape index (κ1) is 18.7. The van der Waals surface area contributed by atoms with Crippen LogP contribution in [0.25, 0.3) is 0 Å². The first-order valence-corrected chi connectivity index (χ1v) is 8.96. The summed E-state index contributed by atoms with van der Waals surface area (Å²) < 4.78 is 31.2. The molecule has 10 heteroatoms. The molecule has 0 spiro atoms. The lowest BCUT2D eigenvalue weighted by atomic mass is 10.1. The third-order valence-electron chi connectivity index (χ3n) is 3.58. The molecule has 2 N–H and O–H groups in total. The Hall–Kier alpha value is -1.68. The van der Waals surface area contributed by atoms with E-state index < -0.39 is 28.0 Å². The van der Waals surface area contributed by atoms with Gasteiger partial charge in [0.05, 0.1) is 34.6 Å². The Bertz CT molecular complexity index is 752. The van der Waals surface area contributed by atoms with E-state index >= 15 is 0 Å². The van der Waals surface area contributed by atoms with Crippen molar-refractivity contribution in [1.82, 2.24) is 9.62 Å². The van der Waals surface area contributed by atoms with Crippen molar-refractivity contribution >= 4 is 33.5 Å². The highest BCUT2D eigenvalue weighted by Gasteiger charge is 2.28. The number of benzene rings is 1. The maximum atomic E-state index is 12.6. The molecule has 0 saturated carbocycles. The number of nitrogens with zero attached hydrogens (tertiary/aromatic N) is 1. The summed E-state index contributed by atoms with van der Waals surface area (Å²) in [4.78, 5) is 24.8. The number of carboxylic acid groups (broad SMARTS) is 1. The van der Waals surface area contributed by atoms with Crippen LogP contribution in [0.3, 0.4) is 0 Å². The molecule has 1 fully saturated rings. The number of carbonyl (C=O) groups is 2. The van der Waals surface area contributed by atoms with Crippen LogP contribution in [0.2, 0.25) is 5.02 Å². The zero-order chi connectivity index (χ0) is 17.9. The molecule has 1 atom stereocenters. The lowest BCUT2D eigenvalue weighted by Gasteiger charge is -2.32. The second-order valence-electron chi connectivity index (χ2n) is 5.19. The zero-order valence-corrected chi connectivity index (χ0v) is 14.4. The lowest BCUT2D eigenvalue weighted by molar-refractivity contribution is -0.141. The average molecular weight is 377 g/mol. The Morgan fingerprint density at radius 3 is 2.79 bits per heavy atom. The van der Waals surface area contributed by atoms with Gasteiger partial charge in [-0.05, 0) is 25.2 Å². The molecule has 24 heavy (non-hydrogen) atoms. The van der Waals surface area contributed by atoms with Gasteiger partial charge >= 0.3 is 5.97 Å². The van der Waals surface area contributed by atoms with Gasteiger partial charge in [-0.2, -0.15) is 0 Å². The molecule has 0 radical (unpaired) electrons. The van der Waals surface area contributed by atoms with Crippen LogP contribution < -0.4 is 4.72 Å². The van der Waals surface area contributed by atoms with E-state index in [1.807, 2.05) is 0 Å². The third kappa shape index (κ3) is 4.23. The van der Waals surface area contributed by atoms with Gasteiger partial charge in [-0.25, -0.2) is 13.1 Å². The fourth-order valence-corrected chi connectivity index (χ4v) is 3.30. The van der Waals surface area contributed by atoms with Crippen molar-refractivity contribution in [3.63, 3.8) is 0 Å². The molecule has 1 aliphatic heterocycles. The van der Waals surface area contributed by atoms with Crippen molar-refractivity contribution < 1.29 is 27.9 Å². The maximum absolute atomic E-state index is 12.6. The van der Waals surface area contributed by atoms with E-state index in [2.05, 4.69) is 4.72 Å². The van der Waals surface area contributed by atoms with Gasteiger partial charge in [0.15, 0.2) is 0 Å². The zero-order valence-electron chi connectivity index (χ0n) is 12.9. The predicted molar refractivity (Wildman–Crippen MR) is 85.6 cm³/mol. The SMILES string of the molecule is CNS(=O)(=O)c1ccc(Cl)c(C(=O)N2CCOC(CC(=O)O)C2)c1. The molecule has 1 aromatic rings. The highest BCUT2D eigenvalue weighted by Crippen LogP contribution is 2.23. The van der Waals surface area contributed by atoms with Crippen LogP contribution in [0.4, 0.5) is 0 Å². The van der Waals surface area contributed by atoms with Crippen LogP contribution in [-0.4, -0.2) is 63.1 Å². The number of nitrogens with one attached hydrogen (secondary N) is 1. The molecule has 1 aromatic carbocycles. The number of sulfonamides is 1. The summed E-state index contributed by atoms with van der Waals surface area (Å²) in [5.41, 5.74) is 0.0453.